The Kier molecular flexibility index (Phi) is 5.57. The minimum absolute atomic E-state index is 0.0567. The molecule has 0 aliphatic carbocycles. The fourth-order valence-corrected chi connectivity index (χ4v) is 4.61. The molecular weight excluding hydrogens is 454 g/mol. The Morgan fingerprint density at radius 2 is 1.89 bits per heavy atom. The molecule has 36 heavy (non-hydrogen) atoms. The second-order valence-electron chi connectivity index (χ2n) is 9.12. The molecule has 1 amide bonds. The third-order valence-electron chi connectivity index (χ3n) is 6.67. The number of aromatic amines is 2. The Balaban J connectivity index is 1.38. The maximum atomic E-state index is 11.8. The van der Waals surface area contributed by atoms with Crippen LogP contribution < -0.4 is 10.2 Å². The van der Waals surface area contributed by atoms with E-state index in [1.54, 1.807) is 18.6 Å². The zero-order chi connectivity index (χ0) is 24.6. The number of amides is 1. The number of carbonyl (C=O) groups excluding carboxylic acids is 1. The largest absolute Gasteiger partial charge is 0.353 e. The van der Waals surface area contributed by atoms with Crippen molar-refractivity contribution in [3.05, 3.63) is 49.1 Å². The second-order valence-corrected chi connectivity index (χ2v) is 9.12. The number of hydrogen-bond acceptors (Lipinski definition) is 7. The summed E-state index contributed by atoms with van der Waals surface area (Å²) in [7, 11) is 2.15. The predicted octanol–water partition coefficient (Wildman–Crippen LogP) is 3.66. The number of piperazine rings is 1. The Hall–Kier alpha value is -4.31. The monoisotopic (exact) mass is 481 g/mol. The van der Waals surface area contributed by atoms with E-state index in [0.29, 0.717) is 12.1 Å². The van der Waals surface area contributed by atoms with Crippen LogP contribution in [0.25, 0.3) is 44.5 Å². The zero-order valence-electron chi connectivity index (χ0n) is 20.2. The van der Waals surface area contributed by atoms with Gasteiger partial charge >= 0.3 is 0 Å². The number of likely N-dealkylation sites (N-methyl/N-ethyl adjacent to an activating group) is 1. The average molecular weight is 482 g/mol. The molecule has 0 bridgehead atoms. The van der Waals surface area contributed by atoms with E-state index in [4.69, 9.17) is 4.98 Å². The lowest BCUT2D eigenvalue weighted by atomic mass is 10.1. The van der Waals surface area contributed by atoms with E-state index in [2.05, 4.69) is 53.4 Å². The van der Waals surface area contributed by atoms with Crippen LogP contribution in [0.1, 0.15) is 13.3 Å². The molecule has 10 nitrogen and oxygen atoms in total. The van der Waals surface area contributed by atoms with Crippen molar-refractivity contribution in [2.45, 2.75) is 13.3 Å². The number of aromatic nitrogens is 6. The molecule has 5 aromatic heterocycles. The highest BCUT2D eigenvalue weighted by atomic mass is 16.1. The SMILES string of the molecule is CCC(=O)Nc1cncc(-c2cc3c(-c4cc5c(N6CCN(C)CC6)nccc5[nH]4)n[nH]c3cn2)c1. The lowest BCUT2D eigenvalue weighted by molar-refractivity contribution is -0.115. The minimum Gasteiger partial charge on any atom is -0.353 e. The maximum absolute atomic E-state index is 11.8. The van der Waals surface area contributed by atoms with Gasteiger partial charge in [-0.2, -0.15) is 5.10 Å². The summed E-state index contributed by atoms with van der Waals surface area (Å²) in [6.45, 7) is 5.77. The second kappa shape index (κ2) is 9.04. The molecule has 0 atom stereocenters. The number of carbonyl (C=O) groups is 1. The van der Waals surface area contributed by atoms with Gasteiger partial charge in [-0.05, 0) is 31.3 Å². The Bertz CT molecular complexity index is 1560. The molecule has 1 aliphatic heterocycles. The van der Waals surface area contributed by atoms with E-state index in [0.717, 1.165) is 76.4 Å². The molecule has 6 rings (SSSR count). The topological polar surface area (TPSA) is 119 Å². The third-order valence-corrected chi connectivity index (χ3v) is 6.67. The van der Waals surface area contributed by atoms with Crippen molar-refractivity contribution in [1.29, 1.82) is 0 Å². The molecule has 3 N–H and O–H groups in total. The van der Waals surface area contributed by atoms with Gasteiger partial charge in [0.1, 0.15) is 11.5 Å². The fraction of sp³-hybridized carbons (Fsp3) is 0.269. The molecule has 0 radical (unpaired) electrons. The summed E-state index contributed by atoms with van der Waals surface area (Å²) >= 11 is 0. The number of pyridine rings is 3. The first-order valence-corrected chi connectivity index (χ1v) is 12.1. The van der Waals surface area contributed by atoms with Gasteiger partial charge in [-0.25, -0.2) is 4.98 Å². The molecule has 1 fully saturated rings. The van der Waals surface area contributed by atoms with Gasteiger partial charge in [-0.15, -0.1) is 0 Å². The highest BCUT2D eigenvalue weighted by Gasteiger charge is 2.20. The van der Waals surface area contributed by atoms with E-state index >= 15 is 0 Å². The van der Waals surface area contributed by atoms with Gasteiger partial charge in [0.05, 0.1) is 40.5 Å². The van der Waals surface area contributed by atoms with Crippen molar-refractivity contribution in [3.63, 3.8) is 0 Å². The van der Waals surface area contributed by atoms with Crippen molar-refractivity contribution in [2.75, 3.05) is 43.4 Å². The van der Waals surface area contributed by atoms with Gasteiger partial charge in [0.25, 0.3) is 0 Å². The Morgan fingerprint density at radius 3 is 2.72 bits per heavy atom. The Labute approximate surface area is 207 Å². The summed E-state index contributed by atoms with van der Waals surface area (Å²) in [6, 6.07) is 8.02. The number of hydrogen-bond donors (Lipinski definition) is 3. The van der Waals surface area contributed by atoms with E-state index in [9.17, 15) is 4.79 Å². The summed E-state index contributed by atoms with van der Waals surface area (Å²) < 4.78 is 0. The molecular formula is C26H27N9O. The van der Waals surface area contributed by atoms with Gasteiger partial charge in [0, 0.05) is 61.3 Å². The maximum Gasteiger partial charge on any atom is 0.224 e. The van der Waals surface area contributed by atoms with Crippen LogP contribution in [-0.4, -0.2) is 74.2 Å². The fourth-order valence-electron chi connectivity index (χ4n) is 4.61. The van der Waals surface area contributed by atoms with Crippen molar-refractivity contribution < 1.29 is 4.79 Å². The number of anilines is 2. The molecule has 0 aromatic carbocycles. The van der Waals surface area contributed by atoms with Crippen molar-refractivity contribution in [3.8, 4) is 22.6 Å². The molecule has 1 saturated heterocycles. The number of H-pyrrole nitrogens is 2. The highest BCUT2D eigenvalue weighted by molar-refractivity contribution is 5.99. The van der Waals surface area contributed by atoms with Crippen LogP contribution in [-0.2, 0) is 4.79 Å². The first kappa shape index (κ1) is 22.2. The Morgan fingerprint density at radius 1 is 1.03 bits per heavy atom. The average Bonchev–Trinajstić information content (AvgIpc) is 3.53. The number of nitrogens with one attached hydrogen (secondary N) is 3. The molecule has 182 valence electrons. The van der Waals surface area contributed by atoms with Gasteiger partial charge < -0.3 is 20.1 Å². The first-order chi connectivity index (χ1) is 17.6. The first-order valence-electron chi connectivity index (χ1n) is 12.1. The lowest BCUT2D eigenvalue weighted by Crippen LogP contribution is -2.44. The normalized spacial score (nSPS) is 14.6. The van der Waals surface area contributed by atoms with Crippen LogP contribution in [0, 0.1) is 0 Å². The number of nitrogens with zero attached hydrogens (tertiary/aromatic N) is 6. The van der Waals surface area contributed by atoms with E-state index in [1.807, 2.05) is 31.3 Å². The minimum atomic E-state index is -0.0567. The summed E-state index contributed by atoms with van der Waals surface area (Å²) in [6.07, 6.45) is 7.42. The van der Waals surface area contributed by atoms with Gasteiger partial charge in [-0.3, -0.25) is 19.9 Å². The van der Waals surface area contributed by atoms with Crippen molar-refractivity contribution in [1.82, 2.24) is 35.0 Å². The molecule has 5 aromatic rings. The summed E-state index contributed by atoms with van der Waals surface area (Å²) in [5.41, 5.74) is 5.82. The zero-order valence-corrected chi connectivity index (χ0v) is 20.2. The van der Waals surface area contributed by atoms with Gasteiger partial charge in [-0.1, -0.05) is 6.92 Å². The lowest BCUT2D eigenvalue weighted by Gasteiger charge is -2.33. The molecule has 10 heteroatoms. The van der Waals surface area contributed by atoms with Crippen LogP contribution in [0.2, 0.25) is 0 Å². The van der Waals surface area contributed by atoms with Crippen LogP contribution in [0.3, 0.4) is 0 Å². The molecule has 0 unspecified atom stereocenters. The van der Waals surface area contributed by atoms with Gasteiger partial charge in [0.2, 0.25) is 5.91 Å². The van der Waals surface area contributed by atoms with E-state index < -0.39 is 0 Å². The van der Waals surface area contributed by atoms with E-state index in [1.165, 1.54) is 0 Å². The summed E-state index contributed by atoms with van der Waals surface area (Å²) in [5.74, 6) is 0.945. The van der Waals surface area contributed by atoms with Crippen LogP contribution in [0.15, 0.2) is 49.1 Å². The van der Waals surface area contributed by atoms with Crippen LogP contribution in [0.5, 0.6) is 0 Å². The molecule has 1 aliphatic rings. The molecule has 0 saturated carbocycles. The smallest absolute Gasteiger partial charge is 0.224 e. The van der Waals surface area contributed by atoms with Gasteiger partial charge in [0.15, 0.2) is 0 Å². The van der Waals surface area contributed by atoms with E-state index in [-0.39, 0.29) is 5.91 Å². The standard InChI is InChI=1S/C26H27N9O/c1-3-24(36)30-17-10-16(13-27-14-17)21-11-18-23(15-29-21)32-33-25(18)22-12-19-20(31-22)4-5-28-26(19)35-8-6-34(2)7-9-35/h4-5,10-15,31H,3,6-9H2,1-2H3,(H,30,36)(H,32,33). The highest BCUT2D eigenvalue weighted by Crippen LogP contribution is 2.33. The third kappa shape index (κ3) is 4.05. The quantitative estimate of drug-likeness (QED) is 0.350. The number of fused-ring (bicyclic) bond motifs is 2. The predicted molar refractivity (Wildman–Crippen MR) is 141 cm³/mol. The van der Waals surface area contributed by atoms with Crippen molar-refractivity contribution in [2.24, 2.45) is 0 Å². The molecule has 0 spiro atoms. The number of rotatable bonds is 5. The molecule has 6 heterocycles. The van der Waals surface area contributed by atoms with Crippen LogP contribution >= 0.6 is 0 Å². The summed E-state index contributed by atoms with van der Waals surface area (Å²) in [5, 5.41) is 12.6. The summed E-state index contributed by atoms with van der Waals surface area (Å²) in [4.78, 5) is 33.6. The van der Waals surface area contributed by atoms with Crippen molar-refractivity contribution >= 4 is 39.2 Å². The van der Waals surface area contributed by atoms with Crippen LogP contribution in [0.4, 0.5) is 11.5 Å².